The van der Waals surface area contributed by atoms with Crippen molar-refractivity contribution >= 4 is 23.4 Å². The fourth-order valence-electron chi connectivity index (χ4n) is 1.07. The lowest BCUT2D eigenvalue weighted by atomic mass is 10.1. The first kappa shape index (κ1) is 9.86. The van der Waals surface area contributed by atoms with E-state index in [1.54, 1.807) is 6.07 Å². The van der Waals surface area contributed by atoms with Crippen molar-refractivity contribution in [3.63, 3.8) is 0 Å². The lowest BCUT2D eigenvalue weighted by Gasteiger charge is -2.06. The maximum atomic E-state index is 10.4. The van der Waals surface area contributed by atoms with Crippen LogP contribution in [0.5, 0.6) is 0 Å². The molecule has 0 aliphatic heterocycles. The number of amides is 1. The maximum absolute atomic E-state index is 10.4. The van der Waals surface area contributed by atoms with Gasteiger partial charge < -0.3 is 5.11 Å². The molecule has 0 aromatic heterocycles. The molecule has 0 saturated carbocycles. The molecule has 0 unspecified atom stereocenters. The molecule has 0 fully saturated rings. The van der Waals surface area contributed by atoms with E-state index in [1.165, 1.54) is 0 Å². The molecule has 0 radical (unpaired) electrons. The number of halogens is 1. The van der Waals surface area contributed by atoms with Crippen molar-refractivity contribution in [3.05, 3.63) is 29.3 Å². The number of alkyl halides is 1. The van der Waals surface area contributed by atoms with Crippen LogP contribution in [0.15, 0.2) is 18.2 Å². The van der Waals surface area contributed by atoms with Crippen LogP contribution in [0.4, 0.5) is 10.5 Å². The van der Waals surface area contributed by atoms with Gasteiger partial charge in [-0.2, -0.15) is 0 Å². The number of carbonyl (C=O) groups is 1. The molecular weight excluding hydrogens is 190 g/mol. The van der Waals surface area contributed by atoms with Crippen LogP contribution in [0.25, 0.3) is 0 Å². The number of aryl methyl sites for hydroxylation is 1. The smallest absolute Gasteiger partial charge is 0.409 e. The molecule has 0 saturated heterocycles. The summed E-state index contributed by atoms with van der Waals surface area (Å²) in [5, 5.41) is 10.8. The van der Waals surface area contributed by atoms with Gasteiger partial charge in [-0.15, -0.1) is 11.6 Å². The van der Waals surface area contributed by atoms with Crippen LogP contribution >= 0.6 is 11.6 Å². The highest BCUT2D eigenvalue weighted by atomic mass is 35.5. The Morgan fingerprint density at radius 3 is 2.85 bits per heavy atom. The number of carboxylic acid groups (broad SMARTS) is 1. The predicted octanol–water partition coefficient (Wildman–Crippen LogP) is 2.82. The fourth-order valence-corrected chi connectivity index (χ4v) is 1.29. The van der Waals surface area contributed by atoms with Gasteiger partial charge in [0.25, 0.3) is 0 Å². The molecule has 0 aliphatic carbocycles. The van der Waals surface area contributed by atoms with E-state index < -0.39 is 6.09 Å². The van der Waals surface area contributed by atoms with Crippen LogP contribution in [0.2, 0.25) is 0 Å². The van der Waals surface area contributed by atoms with Gasteiger partial charge >= 0.3 is 6.09 Å². The lowest BCUT2D eigenvalue weighted by molar-refractivity contribution is 0.209. The lowest BCUT2D eigenvalue weighted by Crippen LogP contribution is -2.08. The first-order valence-electron chi connectivity index (χ1n) is 3.79. The molecule has 1 amide bonds. The van der Waals surface area contributed by atoms with Crippen LogP contribution in [0.1, 0.15) is 11.1 Å². The standard InChI is InChI=1S/C9H10ClNO2/c1-6-2-3-8(11-9(12)13)7(4-6)5-10/h2-4,11H,5H2,1H3,(H,12,13). The summed E-state index contributed by atoms with van der Waals surface area (Å²) in [5.74, 6) is 0.303. The van der Waals surface area contributed by atoms with Gasteiger partial charge in [-0.3, -0.25) is 5.32 Å². The molecule has 0 spiro atoms. The van der Waals surface area contributed by atoms with E-state index in [1.807, 2.05) is 19.1 Å². The molecule has 4 heteroatoms. The first-order valence-corrected chi connectivity index (χ1v) is 4.32. The van der Waals surface area contributed by atoms with Gasteiger partial charge in [-0.1, -0.05) is 17.7 Å². The van der Waals surface area contributed by atoms with Gasteiger partial charge in [0.05, 0.1) is 0 Å². The summed E-state index contributed by atoms with van der Waals surface area (Å²) in [4.78, 5) is 10.4. The second-order valence-corrected chi connectivity index (χ2v) is 2.99. The van der Waals surface area contributed by atoms with Gasteiger partial charge in [0, 0.05) is 11.6 Å². The highest BCUT2D eigenvalue weighted by Crippen LogP contribution is 2.19. The van der Waals surface area contributed by atoms with Crippen LogP contribution in [-0.4, -0.2) is 11.2 Å². The largest absolute Gasteiger partial charge is 0.465 e. The molecular formula is C9H10ClNO2. The molecule has 1 aromatic carbocycles. The van der Waals surface area contributed by atoms with Crippen LogP contribution in [0.3, 0.4) is 0 Å². The number of rotatable bonds is 2. The zero-order valence-electron chi connectivity index (χ0n) is 7.17. The Morgan fingerprint density at radius 2 is 2.31 bits per heavy atom. The average molecular weight is 200 g/mol. The van der Waals surface area contributed by atoms with E-state index in [4.69, 9.17) is 16.7 Å². The molecule has 0 heterocycles. The molecule has 0 atom stereocenters. The van der Waals surface area contributed by atoms with Crippen LogP contribution < -0.4 is 5.32 Å². The summed E-state index contributed by atoms with van der Waals surface area (Å²) in [5.41, 5.74) is 2.41. The average Bonchev–Trinajstić information content (AvgIpc) is 2.07. The highest BCUT2D eigenvalue weighted by molar-refractivity contribution is 6.17. The Bertz CT molecular complexity index is 325. The normalized spacial score (nSPS) is 9.69. The van der Waals surface area contributed by atoms with Gasteiger partial charge in [0.15, 0.2) is 0 Å². The van der Waals surface area contributed by atoms with Crippen molar-refractivity contribution in [1.82, 2.24) is 0 Å². The van der Waals surface area contributed by atoms with Crippen molar-refractivity contribution in [1.29, 1.82) is 0 Å². The van der Waals surface area contributed by atoms with E-state index in [-0.39, 0.29) is 0 Å². The molecule has 70 valence electrons. The third-order valence-corrected chi connectivity index (χ3v) is 1.93. The first-order chi connectivity index (χ1) is 6.13. The Labute approximate surface area is 81.3 Å². The summed E-state index contributed by atoms with van der Waals surface area (Å²) < 4.78 is 0. The van der Waals surface area contributed by atoms with E-state index >= 15 is 0 Å². The van der Waals surface area contributed by atoms with E-state index in [2.05, 4.69) is 5.32 Å². The zero-order chi connectivity index (χ0) is 9.84. The number of hydrogen-bond donors (Lipinski definition) is 2. The molecule has 0 bridgehead atoms. The fraction of sp³-hybridized carbons (Fsp3) is 0.222. The summed E-state index contributed by atoms with van der Waals surface area (Å²) in [6, 6.07) is 5.40. The van der Waals surface area contributed by atoms with Crippen molar-refractivity contribution in [3.8, 4) is 0 Å². The monoisotopic (exact) mass is 199 g/mol. The zero-order valence-corrected chi connectivity index (χ0v) is 7.93. The highest BCUT2D eigenvalue weighted by Gasteiger charge is 2.03. The molecule has 3 nitrogen and oxygen atoms in total. The Morgan fingerprint density at radius 1 is 1.62 bits per heavy atom. The minimum atomic E-state index is -1.07. The van der Waals surface area contributed by atoms with Crippen molar-refractivity contribution in [2.45, 2.75) is 12.8 Å². The number of hydrogen-bond acceptors (Lipinski definition) is 1. The van der Waals surface area contributed by atoms with Gasteiger partial charge in [-0.05, 0) is 18.6 Å². The molecule has 13 heavy (non-hydrogen) atoms. The van der Waals surface area contributed by atoms with Gasteiger partial charge in [-0.25, -0.2) is 4.79 Å². The third-order valence-electron chi connectivity index (χ3n) is 1.65. The molecule has 2 N–H and O–H groups in total. The Hall–Kier alpha value is -1.22. The summed E-state index contributed by atoms with van der Waals surface area (Å²) in [7, 11) is 0. The van der Waals surface area contributed by atoms with Crippen molar-refractivity contribution < 1.29 is 9.90 Å². The molecule has 1 rings (SSSR count). The van der Waals surface area contributed by atoms with Gasteiger partial charge in [0.2, 0.25) is 0 Å². The SMILES string of the molecule is Cc1ccc(NC(=O)O)c(CCl)c1. The van der Waals surface area contributed by atoms with Gasteiger partial charge in [0.1, 0.15) is 0 Å². The van der Waals surface area contributed by atoms with Crippen LogP contribution in [0, 0.1) is 6.92 Å². The Balaban J connectivity index is 2.99. The van der Waals surface area contributed by atoms with Crippen molar-refractivity contribution in [2.24, 2.45) is 0 Å². The minimum absolute atomic E-state index is 0.303. The predicted molar refractivity (Wildman–Crippen MR) is 52.4 cm³/mol. The summed E-state index contributed by atoms with van der Waals surface area (Å²) >= 11 is 5.65. The molecule has 1 aromatic rings. The second-order valence-electron chi connectivity index (χ2n) is 2.72. The summed E-state index contributed by atoms with van der Waals surface area (Å²) in [6.07, 6.45) is -1.07. The molecule has 0 aliphatic rings. The maximum Gasteiger partial charge on any atom is 0.409 e. The number of nitrogens with one attached hydrogen (secondary N) is 1. The van der Waals surface area contributed by atoms with Crippen LogP contribution in [-0.2, 0) is 5.88 Å². The second kappa shape index (κ2) is 4.14. The Kier molecular flexibility index (Phi) is 3.14. The van der Waals surface area contributed by atoms with E-state index in [0.717, 1.165) is 11.1 Å². The number of anilines is 1. The number of benzene rings is 1. The quantitative estimate of drug-likeness (QED) is 0.720. The van der Waals surface area contributed by atoms with E-state index in [9.17, 15) is 4.79 Å². The van der Waals surface area contributed by atoms with E-state index in [0.29, 0.717) is 11.6 Å². The summed E-state index contributed by atoms with van der Waals surface area (Å²) in [6.45, 7) is 1.93. The van der Waals surface area contributed by atoms with Crippen molar-refractivity contribution in [2.75, 3.05) is 5.32 Å². The third kappa shape index (κ3) is 2.63. The minimum Gasteiger partial charge on any atom is -0.465 e. The topological polar surface area (TPSA) is 49.3 Å².